The second kappa shape index (κ2) is 13.8. The molecule has 58 heavy (non-hydrogen) atoms. The first-order valence-corrected chi connectivity index (χ1v) is 22.0. The molecule has 0 saturated carbocycles. The monoisotopic (exact) mass is 768 g/mol. The lowest BCUT2D eigenvalue weighted by Crippen LogP contribution is -2.35. The minimum absolute atomic E-state index is 0.285. The number of thiophene rings is 1. The van der Waals surface area contributed by atoms with Crippen LogP contribution >= 0.6 is 11.3 Å². The molecule has 3 heterocycles. The Labute approximate surface area is 343 Å². The van der Waals surface area contributed by atoms with Crippen LogP contribution in [-0.4, -0.2) is 16.2 Å². The number of allylic oxidation sites excluding steroid dienone is 17. The van der Waals surface area contributed by atoms with E-state index in [1.165, 1.54) is 69.9 Å². The van der Waals surface area contributed by atoms with E-state index in [1.807, 2.05) is 11.3 Å². The third-order valence-corrected chi connectivity index (χ3v) is 14.3. The number of benzene rings is 3. The second-order valence-corrected chi connectivity index (χ2v) is 17.5. The normalized spacial score (nSPS) is 24.7. The number of amidine groups is 2. The average Bonchev–Trinajstić information content (AvgIpc) is 3.85. The van der Waals surface area contributed by atoms with E-state index in [-0.39, 0.29) is 6.17 Å². The molecule has 4 unspecified atom stereocenters. The number of hydrogen-bond donors (Lipinski definition) is 1. The van der Waals surface area contributed by atoms with Crippen LogP contribution in [-0.2, 0) is 0 Å². The van der Waals surface area contributed by atoms with E-state index in [0.29, 0.717) is 17.8 Å². The van der Waals surface area contributed by atoms with Crippen LogP contribution < -0.4 is 5.32 Å². The van der Waals surface area contributed by atoms with Crippen LogP contribution in [0.25, 0.3) is 53.8 Å². The van der Waals surface area contributed by atoms with E-state index < -0.39 is 0 Å². The van der Waals surface area contributed by atoms with Gasteiger partial charge in [-0.15, -0.1) is 11.3 Å². The van der Waals surface area contributed by atoms with Crippen molar-refractivity contribution in [2.75, 3.05) is 0 Å². The zero-order valence-electron chi connectivity index (χ0n) is 32.4. The van der Waals surface area contributed by atoms with Crippen molar-refractivity contribution >= 4 is 76.8 Å². The molecule has 0 amide bonds. The standard InChI is InChI=1S/C53H44N4S/c1-4-14-33(15-5-1)39-21-12-13-23-41(39)53-55-51(36-17-6-2-7-18-36)54-52(56-53)37-26-29-44-43(32-37)48-45(57(44)38-19-8-3-9-20-38)30-28-42-49-46(58-50(42)48)31-27-35-25-24-34-16-10-11-22-40(34)47(35)49/h1,3-6,8,10-11,13-14,16-19,22-34,40,52H,2,7,9,12,15,20-21H2,(H,54,55,56). The molecular weight excluding hydrogens is 725 g/mol. The van der Waals surface area contributed by atoms with Gasteiger partial charge in [0.1, 0.15) is 12.0 Å². The van der Waals surface area contributed by atoms with Gasteiger partial charge < -0.3 is 9.88 Å². The Kier molecular flexibility index (Phi) is 8.11. The summed E-state index contributed by atoms with van der Waals surface area (Å²) in [6.07, 6.45) is 48.1. The van der Waals surface area contributed by atoms with Crippen LogP contribution in [0, 0.1) is 11.8 Å². The second-order valence-electron chi connectivity index (χ2n) is 16.5. The molecule has 6 aliphatic carbocycles. The van der Waals surface area contributed by atoms with Gasteiger partial charge >= 0.3 is 0 Å². The zero-order valence-corrected chi connectivity index (χ0v) is 33.3. The van der Waals surface area contributed by atoms with Gasteiger partial charge in [-0.2, -0.15) is 0 Å². The fourth-order valence-corrected chi connectivity index (χ4v) is 11.6. The number of nitrogens with zero attached hydrogens (tertiary/aromatic N) is 3. The molecule has 0 saturated heterocycles. The molecule has 5 aromatic rings. The maximum absolute atomic E-state index is 5.41. The van der Waals surface area contributed by atoms with Gasteiger partial charge in [-0.1, -0.05) is 127 Å². The van der Waals surface area contributed by atoms with Crippen molar-refractivity contribution in [2.45, 2.75) is 57.0 Å². The van der Waals surface area contributed by atoms with Crippen LogP contribution in [0.1, 0.15) is 73.7 Å². The van der Waals surface area contributed by atoms with Crippen LogP contribution in [0.15, 0.2) is 172 Å². The van der Waals surface area contributed by atoms with E-state index in [9.17, 15) is 0 Å². The largest absolute Gasteiger partial charge is 0.344 e. The third kappa shape index (κ3) is 5.47. The summed E-state index contributed by atoms with van der Waals surface area (Å²) in [4.78, 5) is 10.7. The first-order valence-electron chi connectivity index (χ1n) is 21.2. The number of fused-ring (bicyclic) bond motifs is 11. The maximum Gasteiger partial charge on any atom is 0.159 e. The van der Waals surface area contributed by atoms with Crippen LogP contribution in [0.3, 0.4) is 0 Å². The Morgan fingerprint density at radius 2 is 1.64 bits per heavy atom. The molecule has 7 aliphatic rings. The number of aromatic nitrogens is 1. The number of rotatable bonds is 5. The number of nitrogens with one attached hydrogen (secondary N) is 1. The highest BCUT2D eigenvalue weighted by atomic mass is 32.1. The fraction of sp³-hybridized carbons (Fsp3) is 0.208. The summed E-state index contributed by atoms with van der Waals surface area (Å²) in [6, 6.07) is 16.6. The Hall–Kier alpha value is -6.04. The van der Waals surface area contributed by atoms with Crippen molar-refractivity contribution in [3.63, 3.8) is 0 Å². The number of hydrogen-bond acceptors (Lipinski definition) is 4. The molecule has 0 radical (unpaired) electrons. The minimum atomic E-state index is -0.285. The SMILES string of the molecule is C1=CCCC(n2c3ccc(C4N=C(C5=CCCC=C5)N=C(C5=C(C6C=CC=CC6)CCC=C5)N4)cc3c3c4sc5ccc6c(c5c4ccc32)C2C=CC=CC2C=C6)=C1. The van der Waals surface area contributed by atoms with Crippen LogP contribution in [0.4, 0.5) is 0 Å². The van der Waals surface area contributed by atoms with Crippen molar-refractivity contribution in [1.82, 2.24) is 9.88 Å². The Balaban J connectivity index is 1.06. The average molecular weight is 769 g/mol. The van der Waals surface area contributed by atoms with E-state index in [0.717, 1.165) is 67.8 Å². The van der Waals surface area contributed by atoms with Crippen molar-refractivity contribution in [1.29, 1.82) is 0 Å². The van der Waals surface area contributed by atoms with E-state index in [4.69, 9.17) is 9.98 Å². The van der Waals surface area contributed by atoms with E-state index >= 15 is 0 Å². The summed E-state index contributed by atoms with van der Waals surface area (Å²) in [5.41, 5.74) is 11.6. The summed E-state index contributed by atoms with van der Waals surface area (Å²) < 4.78 is 5.27. The molecule has 1 aliphatic heterocycles. The van der Waals surface area contributed by atoms with Gasteiger partial charge in [-0.05, 0) is 92.0 Å². The summed E-state index contributed by atoms with van der Waals surface area (Å²) in [5.74, 6) is 2.88. The van der Waals surface area contributed by atoms with Crippen LogP contribution in [0.2, 0.25) is 0 Å². The van der Waals surface area contributed by atoms with Gasteiger partial charge in [0.15, 0.2) is 5.84 Å². The third-order valence-electron chi connectivity index (χ3n) is 13.1. The molecule has 0 spiro atoms. The molecule has 282 valence electrons. The Bertz CT molecular complexity index is 3020. The molecule has 0 fully saturated rings. The van der Waals surface area contributed by atoms with Gasteiger partial charge in [0, 0.05) is 65.5 Å². The molecule has 3 aromatic carbocycles. The highest BCUT2D eigenvalue weighted by Crippen LogP contribution is 2.50. The molecule has 5 heteroatoms. The molecule has 2 aromatic heterocycles. The molecule has 0 bridgehead atoms. The quantitative estimate of drug-likeness (QED) is 0.190. The van der Waals surface area contributed by atoms with E-state index in [2.05, 4.69) is 162 Å². The predicted octanol–water partition coefficient (Wildman–Crippen LogP) is 13.7. The lowest BCUT2D eigenvalue weighted by Gasteiger charge is -2.29. The van der Waals surface area contributed by atoms with Crippen molar-refractivity contribution in [2.24, 2.45) is 21.8 Å². The molecule has 1 N–H and O–H groups in total. The van der Waals surface area contributed by atoms with Crippen molar-refractivity contribution in [3.05, 3.63) is 179 Å². The maximum atomic E-state index is 5.41. The van der Waals surface area contributed by atoms with Gasteiger partial charge in [0.05, 0.1) is 11.0 Å². The highest BCUT2D eigenvalue weighted by molar-refractivity contribution is 7.26. The number of aliphatic imine (C=N–C) groups is 2. The predicted molar refractivity (Wildman–Crippen MR) is 248 cm³/mol. The first kappa shape index (κ1) is 34.0. The molecule has 12 rings (SSSR count). The lowest BCUT2D eigenvalue weighted by molar-refractivity contribution is 0.667. The highest BCUT2D eigenvalue weighted by Gasteiger charge is 2.30. The zero-order chi connectivity index (χ0) is 38.2. The minimum Gasteiger partial charge on any atom is -0.344 e. The fourth-order valence-electron chi connectivity index (χ4n) is 10.4. The smallest absolute Gasteiger partial charge is 0.159 e. The van der Waals surface area contributed by atoms with Gasteiger partial charge in [0.2, 0.25) is 0 Å². The van der Waals surface area contributed by atoms with Gasteiger partial charge in [0.25, 0.3) is 0 Å². The lowest BCUT2D eigenvalue weighted by atomic mass is 9.75. The first-order chi connectivity index (χ1) is 28.8. The summed E-state index contributed by atoms with van der Waals surface area (Å²) in [6.45, 7) is 0. The Morgan fingerprint density at radius 1 is 0.724 bits per heavy atom. The van der Waals surface area contributed by atoms with Crippen LogP contribution in [0.5, 0.6) is 0 Å². The summed E-state index contributed by atoms with van der Waals surface area (Å²) in [5, 5.41) is 9.30. The molecule has 4 atom stereocenters. The molecule has 4 nitrogen and oxygen atoms in total. The summed E-state index contributed by atoms with van der Waals surface area (Å²) >= 11 is 1.96. The van der Waals surface area contributed by atoms with Gasteiger partial charge in [-0.25, -0.2) is 9.98 Å². The van der Waals surface area contributed by atoms with Gasteiger partial charge in [-0.3, -0.25) is 0 Å². The summed E-state index contributed by atoms with van der Waals surface area (Å²) in [7, 11) is 0. The molecular formula is C53H44N4S. The Morgan fingerprint density at radius 3 is 2.53 bits per heavy atom. The topological polar surface area (TPSA) is 41.7 Å². The van der Waals surface area contributed by atoms with E-state index in [1.54, 1.807) is 0 Å². The van der Waals surface area contributed by atoms with Crippen molar-refractivity contribution in [3.8, 4) is 0 Å². The van der Waals surface area contributed by atoms with Crippen molar-refractivity contribution < 1.29 is 0 Å².